The van der Waals surface area contributed by atoms with E-state index >= 15 is 0 Å². The van der Waals surface area contributed by atoms with E-state index in [0.29, 0.717) is 30.0 Å². The van der Waals surface area contributed by atoms with Crippen LogP contribution in [0.2, 0.25) is 0 Å². The summed E-state index contributed by atoms with van der Waals surface area (Å²) < 4.78 is 12.5. The molecule has 5 nitrogen and oxygen atoms in total. The predicted octanol–water partition coefficient (Wildman–Crippen LogP) is 3.32. The van der Waals surface area contributed by atoms with Crippen molar-refractivity contribution in [3.05, 3.63) is 65.9 Å². The zero-order valence-electron chi connectivity index (χ0n) is 13.3. The van der Waals surface area contributed by atoms with Gasteiger partial charge >= 0.3 is 5.97 Å². The van der Waals surface area contributed by atoms with E-state index in [1.165, 1.54) is 7.11 Å². The number of para-hydroxylation sites is 1. The highest BCUT2D eigenvalue weighted by Gasteiger charge is 2.09. The predicted molar refractivity (Wildman–Crippen MR) is 90.6 cm³/mol. The summed E-state index contributed by atoms with van der Waals surface area (Å²) in [6, 6.07) is 14.5. The van der Waals surface area contributed by atoms with Crippen molar-refractivity contribution in [2.45, 2.75) is 6.54 Å². The summed E-state index contributed by atoms with van der Waals surface area (Å²) in [5.41, 5.74) is 1.98. The molecule has 0 spiro atoms. The van der Waals surface area contributed by atoms with Crippen LogP contribution in [0.5, 0.6) is 5.75 Å². The van der Waals surface area contributed by atoms with E-state index in [1.54, 1.807) is 30.3 Å². The Morgan fingerprint density at radius 1 is 1.17 bits per heavy atom. The molecule has 5 heteroatoms. The number of carbonyl (C=O) groups excluding carboxylic acids is 2. The fourth-order valence-corrected chi connectivity index (χ4v) is 2.59. The van der Waals surface area contributed by atoms with Crippen LogP contribution < -0.4 is 4.74 Å². The minimum absolute atomic E-state index is 0.360. The smallest absolute Gasteiger partial charge is 0.337 e. The summed E-state index contributed by atoms with van der Waals surface area (Å²) in [5.74, 6) is 0.208. The Kier molecular flexibility index (Phi) is 4.61. The number of fused-ring (bicyclic) bond motifs is 1. The average molecular weight is 323 g/mol. The van der Waals surface area contributed by atoms with Gasteiger partial charge in [-0.15, -0.1) is 0 Å². The Morgan fingerprint density at radius 3 is 2.79 bits per heavy atom. The number of aldehydes is 1. The summed E-state index contributed by atoms with van der Waals surface area (Å²) in [7, 11) is 1.36. The van der Waals surface area contributed by atoms with Gasteiger partial charge in [0.05, 0.1) is 24.8 Å². The molecule has 0 aliphatic rings. The number of hydrogen-bond acceptors (Lipinski definition) is 4. The Bertz CT molecular complexity index is 882. The molecule has 0 aliphatic heterocycles. The fraction of sp³-hybridized carbons (Fsp3) is 0.158. The van der Waals surface area contributed by atoms with Crippen LogP contribution in [-0.2, 0) is 11.3 Å². The molecule has 0 bridgehead atoms. The number of rotatable bonds is 6. The Balaban J connectivity index is 1.75. The molecule has 0 N–H and O–H groups in total. The van der Waals surface area contributed by atoms with Gasteiger partial charge in [0.2, 0.25) is 0 Å². The first-order valence-electron chi connectivity index (χ1n) is 7.57. The van der Waals surface area contributed by atoms with Gasteiger partial charge in [-0.2, -0.15) is 0 Å². The zero-order chi connectivity index (χ0) is 16.9. The molecule has 0 unspecified atom stereocenters. The highest BCUT2D eigenvalue weighted by Crippen LogP contribution is 2.19. The van der Waals surface area contributed by atoms with E-state index in [2.05, 4.69) is 0 Å². The number of methoxy groups -OCH3 is 1. The molecule has 0 fully saturated rings. The number of benzene rings is 2. The van der Waals surface area contributed by atoms with Gasteiger partial charge in [0.25, 0.3) is 0 Å². The molecule has 3 aromatic rings. The Labute approximate surface area is 139 Å². The van der Waals surface area contributed by atoms with E-state index < -0.39 is 0 Å². The van der Waals surface area contributed by atoms with Gasteiger partial charge in [0, 0.05) is 11.7 Å². The number of aromatic nitrogens is 1. The molecule has 1 heterocycles. The highest BCUT2D eigenvalue weighted by molar-refractivity contribution is 5.94. The molecular formula is C19H17NO4. The van der Waals surface area contributed by atoms with E-state index in [1.807, 2.05) is 29.0 Å². The SMILES string of the molecule is COC(=O)c1ccc2ccn(CCOc3ccccc3C=O)c2c1. The molecule has 0 aliphatic carbocycles. The third kappa shape index (κ3) is 3.15. The molecule has 24 heavy (non-hydrogen) atoms. The van der Waals surface area contributed by atoms with Gasteiger partial charge in [-0.25, -0.2) is 4.79 Å². The lowest BCUT2D eigenvalue weighted by Gasteiger charge is -2.10. The van der Waals surface area contributed by atoms with Crippen LogP contribution in [0.3, 0.4) is 0 Å². The van der Waals surface area contributed by atoms with Crippen molar-refractivity contribution < 1.29 is 19.1 Å². The lowest BCUT2D eigenvalue weighted by molar-refractivity contribution is 0.0601. The Morgan fingerprint density at radius 2 is 2.00 bits per heavy atom. The van der Waals surface area contributed by atoms with Gasteiger partial charge in [-0.3, -0.25) is 4.79 Å². The van der Waals surface area contributed by atoms with E-state index in [-0.39, 0.29) is 5.97 Å². The van der Waals surface area contributed by atoms with Crippen molar-refractivity contribution in [1.82, 2.24) is 4.57 Å². The quantitative estimate of drug-likeness (QED) is 0.516. The minimum Gasteiger partial charge on any atom is -0.491 e. The standard InChI is InChI=1S/C19H17NO4/c1-23-19(22)15-7-6-14-8-9-20(17(14)12-15)10-11-24-18-5-3-2-4-16(18)13-21/h2-9,12-13H,10-11H2,1H3. The van der Waals surface area contributed by atoms with Crippen LogP contribution in [0.15, 0.2) is 54.7 Å². The van der Waals surface area contributed by atoms with E-state index in [9.17, 15) is 9.59 Å². The molecule has 0 amide bonds. The van der Waals surface area contributed by atoms with Crippen LogP contribution in [0.4, 0.5) is 0 Å². The van der Waals surface area contributed by atoms with Crippen LogP contribution >= 0.6 is 0 Å². The van der Waals surface area contributed by atoms with E-state index in [4.69, 9.17) is 9.47 Å². The van der Waals surface area contributed by atoms with Crippen molar-refractivity contribution in [1.29, 1.82) is 0 Å². The van der Waals surface area contributed by atoms with Crippen LogP contribution in [0.25, 0.3) is 10.9 Å². The maximum Gasteiger partial charge on any atom is 0.337 e. The zero-order valence-corrected chi connectivity index (χ0v) is 13.3. The highest BCUT2D eigenvalue weighted by atomic mass is 16.5. The fourth-order valence-electron chi connectivity index (χ4n) is 2.59. The second-order valence-electron chi connectivity index (χ2n) is 5.28. The third-order valence-corrected chi connectivity index (χ3v) is 3.83. The lowest BCUT2D eigenvalue weighted by atomic mass is 10.1. The van der Waals surface area contributed by atoms with Gasteiger partial charge in [-0.1, -0.05) is 18.2 Å². The largest absolute Gasteiger partial charge is 0.491 e. The summed E-state index contributed by atoms with van der Waals surface area (Å²) in [6.07, 6.45) is 2.73. The molecule has 0 saturated carbocycles. The van der Waals surface area contributed by atoms with Crippen molar-refractivity contribution in [3.8, 4) is 5.75 Å². The average Bonchev–Trinajstić information content (AvgIpc) is 3.03. The monoisotopic (exact) mass is 323 g/mol. The van der Waals surface area contributed by atoms with Crippen LogP contribution in [0, 0.1) is 0 Å². The Hall–Kier alpha value is -3.08. The van der Waals surface area contributed by atoms with Crippen LogP contribution in [-0.4, -0.2) is 30.5 Å². The van der Waals surface area contributed by atoms with Gasteiger partial charge in [0.1, 0.15) is 12.4 Å². The van der Waals surface area contributed by atoms with Gasteiger partial charge < -0.3 is 14.0 Å². The molecule has 0 radical (unpaired) electrons. The first-order valence-corrected chi connectivity index (χ1v) is 7.57. The molecule has 1 aromatic heterocycles. The second kappa shape index (κ2) is 7.00. The first kappa shape index (κ1) is 15.8. The maximum absolute atomic E-state index is 11.7. The van der Waals surface area contributed by atoms with Gasteiger partial charge in [-0.05, 0) is 35.7 Å². The van der Waals surface area contributed by atoms with E-state index in [0.717, 1.165) is 17.2 Å². The third-order valence-electron chi connectivity index (χ3n) is 3.83. The first-order chi connectivity index (χ1) is 11.7. The molecule has 122 valence electrons. The number of carbonyl (C=O) groups is 2. The minimum atomic E-state index is -0.360. The molecule has 2 aromatic carbocycles. The molecule has 0 saturated heterocycles. The normalized spacial score (nSPS) is 10.5. The van der Waals surface area contributed by atoms with Gasteiger partial charge in [0.15, 0.2) is 6.29 Å². The van der Waals surface area contributed by atoms with Crippen molar-refractivity contribution >= 4 is 23.2 Å². The molecule has 3 rings (SSSR count). The molecular weight excluding hydrogens is 306 g/mol. The topological polar surface area (TPSA) is 57.5 Å². The lowest BCUT2D eigenvalue weighted by Crippen LogP contribution is -2.08. The van der Waals surface area contributed by atoms with Crippen molar-refractivity contribution in [2.75, 3.05) is 13.7 Å². The van der Waals surface area contributed by atoms with Crippen molar-refractivity contribution in [2.24, 2.45) is 0 Å². The molecule has 0 atom stereocenters. The summed E-state index contributed by atoms with van der Waals surface area (Å²) in [6.45, 7) is 1.01. The van der Waals surface area contributed by atoms with Crippen LogP contribution in [0.1, 0.15) is 20.7 Å². The number of hydrogen-bond donors (Lipinski definition) is 0. The number of ether oxygens (including phenoxy) is 2. The number of esters is 1. The number of nitrogens with zero attached hydrogens (tertiary/aromatic N) is 1. The summed E-state index contributed by atoms with van der Waals surface area (Å²) in [5, 5.41) is 1.04. The maximum atomic E-state index is 11.7. The summed E-state index contributed by atoms with van der Waals surface area (Å²) >= 11 is 0. The second-order valence-corrected chi connectivity index (χ2v) is 5.28. The summed E-state index contributed by atoms with van der Waals surface area (Å²) in [4.78, 5) is 22.7. The van der Waals surface area contributed by atoms with Crippen molar-refractivity contribution in [3.63, 3.8) is 0 Å².